The smallest absolute Gasteiger partial charge is 0.261 e. The van der Waals surface area contributed by atoms with Gasteiger partial charge >= 0.3 is 0 Å². The summed E-state index contributed by atoms with van der Waals surface area (Å²) in [4.78, 5) is 12.5. The third kappa shape index (κ3) is 4.93. The Kier molecular flexibility index (Phi) is 5.91. The van der Waals surface area contributed by atoms with Crippen LogP contribution in [0.5, 0.6) is 0 Å². The summed E-state index contributed by atoms with van der Waals surface area (Å²) in [6, 6.07) is 14.7. The van der Waals surface area contributed by atoms with Crippen molar-refractivity contribution >= 4 is 38.9 Å². The molecule has 3 aromatic carbocycles. The summed E-state index contributed by atoms with van der Waals surface area (Å²) in [5, 5.41) is 2.64. The van der Waals surface area contributed by atoms with E-state index in [0.717, 1.165) is 5.56 Å². The van der Waals surface area contributed by atoms with Gasteiger partial charge in [0.15, 0.2) is 0 Å². The summed E-state index contributed by atoms with van der Waals surface area (Å²) in [5.74, 6) is -1.15. The lowest BCUT2D eigenvalue weighted by molar-refractivity contribution is 0.102. The minimum atomic E-state index is -3.94. The number of rotatable bonds is 5. The van der Waals surface area contributed by atoms with E-state index in [1.807, 2.05) is 13.0 Å². The van der Waals surface area contributed by atoms with E-state index >= 15 is 0 Å². The molecule has 5 nitrogen and oxygen atoms in total. The van der Waals surface area contributed by atoms with Crippen molar-refractivity contribution in [3.8, 4) is 0 Å². The number of amides is 1. The molecule has 0 saturated heterocycles. The van der Waals surface area contributed by atoms with Crippen LogP contribution >= 0.6 is 11.6 Å². The van der Waals surface area contributed by atoms with E-state index in [1.165, 1.54) is 36.4 Å². The van der Waals surface area contributed by atoms with Crippen LogP contribution in [-0.2, 0) is 10.0 Å². The third-order valence-corrected chi connectivity index (χ3v) is 5.92. The van der Waals surface area contributed by atoms with Crippen LogP contribution in [0.4, 0.5) is 15.8 Å². The van der Waals surface area contributed by atoms with E-state index in [1.54, 1.807) is 25.1 Å². The maximum Gasteiger partial charge on any atom is 0.261 e. The van der Waals surface area contributed by atoms with Crippen LogP contribution in [0.25, 0.3) is 0 Å². The van der Waals surface area contributed by atoms with Crippen LogP contribution in [0.1, 0.15) is 21.5 Å². The molecule has 0 radical (unpaired) electrons. The monoisotopic (exact) mass is 432 g/mol. The van der Waals surface area contributed by atoms with Crippen molar-refractivity contribution in [1.29, 1.82) is 0 Å². The molecular formula is C21H18ClFN2O3S. The second-order valence-corrected chi connectivity index (χ2v) is 8.62. The van der Waals surface area contributed by atoms with Crippen molar-refractivity contribution < 1.29 is 17.6 Å². The van der Waals surface area contributed by atoms with Crippen LogP contribution < -0.4 is 10.0 Å². The van der Waals surface area contributed by atoms with Crippen LogP contribution in [-0.4, -0.2) is 14.3 Å². The molecule has 0 spiro atoms. The van der Waals surface area contributed by atoms with Crippen LogP contribution in [0.2, 0.25) is 5.02 Å². The first-order chi connectivity index (χ1) is 13.7. The van der Waals surface area contributed by atoms with Crippen molar-refractivity contribution in [3.05, 3.63) is 88.2 Å². The quantitative estimate of drug-likeness (QED) is 0.585. The molecular weight excluding hydrogens is 415 g/mol. The lowest BCUT2D eigenvalue weighted by atomic mass is 10.1. The molecule has 29 heavy (non-hydrogen) atoms. The number of hydrogen-bond donors (Lipinski definition) is 2. The summed E-state index contributed by atoms with van der Waals surface area (Å²) in [6.45, 7) is 3.56. The number of anilines is 2. The largest absolute Gasteiger partial charge is 0.322 e. The van der Waals surface area contributed by atoms with Gasteiger partial charge in [0, 0.05) is 11.4 Å². The zero-order valence-corrected chi connectivity index (χ0v) is 17.2. The third-order valence-electron chi connectivity index (χ3n) is 4.21. The van der Waals surface area contributed by atoms with Gasteiger partial charge in [0.1, 0.15) is 5.82 Å². The fraction of sp³-hybridized carbons (Fsp3) is 0.0952. The van der Waals surface area contributed by atoms with Gasteiger partial charge in [-0.15, -0.1) is 0 Å². The van der Waals surface area contributed by atoms with Gasteiger partial charge in [0.05, 0.1) is 15.5 Å². The number of carbonyl (C=O) groups is 1. The lowest BCUT2D eigenvalue weighted by Crippen LogP contribution is -2.17. The average molecular weight is 433 g/mol. The maximum absolute atomic E-state index is 13.5. The van der Waals surface area contributed by atoms with E-state index in [4.69, 9.17) is 11.6 Å². The van der Waals surface area contributed by atoms with Crippen molar-refractivity contribution in [2.75, 3.05) is 10.0 Å². The highest BCUT2D eigenvalue weighted by Gasteiger charge is 2.19. The molecule has 8 heteroatoms. The van der Waals surface area contributed by atoms with E-state index in [-0.39, 0.29) is 21.2 Å². The van der Waals surface area contributed by atoms with Gasteiger partial charge in [-0.25, -0.2) is 12.8 Å². The number of benzene rings is 3. The van der Waals surface area contributed by atoms with Gasteiger partial charge in [-0.2, -0.15) is 0 Å². The van der Waals surface area contributed by atoms with Gasteiger partial charge in [-0.05, 0) is 67.4 Å². The Morgan fingerprint density at radius 1 is 1.00 bits per heavy atom. The first kappa shape index (κ1) is 20.8. The number of aryl methyl sites for hydroxylation is 2. The average Bonchev–Trinajstić information content (AvgIpc) is 2.64. The highest BCUT2D eigenvalue weighted by atomic mass is 35.5. The summed E-state index contributed by atoms with van der Waals surface area (Å²) >= 11 is 6.11. The van der Waals surface area contributed by atoms with E-state index in [9.17, 15) is 17.6 Å². The molecule has 0 bridgehead atoms. The first-order valence-corrected chi connectivity index (χ1v) is 10.5. The summed E-state index contributed by atoms with van der Waals surface area (Å²) in [5.41, 5.74) is 2.19. The molecule has 3 aromatic rings. The fourth-order valence-corrected chi connectivity index (χ4v) is 3.97. The second-order valence-electron chi connectivity index (χ2n) is 6.53. The fourth-order valence-electron chi connectivity index (χ4n) is 2.69. The zero-order valence-electron chi connectivity index (χ0n) is 15.7. The molecule has 0 aliphatic carbocycles. The van der Waals surface area contributed by atoms with Crippen molar-refractivity contribution in [2.45, 2.75) is 18.7 Å². The van der Waals surface area contributed by atoms with Gasteiger partial charge < -0.3 is 5.32 Å². The minimum Gasteiger partial charge on any atom is -0.322 e. The lowest BCUT2D eigenvalue weighted by Gasteiger charge is -2.12. The Morgan fingerprint density at radius 2 is 1.76 bits per heavy atom. The second kappa shape index (κ2) is 8.23. The molecule has 0 saturated carbocycles. The number of hydrogen-bond acceptors (Lipinski definition) is 3. The van der Waals surface area contributed by atoms with Crippen LogP contribution in [0.3, 0.4) is 0 Å². The Bertz CT molecular complexity index is 1200. The van der Waals surface area contributed by atoms with E-state index in [0.29, 0.717) is 11.3 Å². The maximum atomic E-state index is 13.5. The SMILES string of the molecule is Cc1cccc(NS(=O)(=O)c2ccc(Cl)c(C(=O)Nc3cc(F)ccc3C)c2)c1. The Morgan fingerprint density at radius 3 is 2.48 bits per heavy atom. The molecule has 0 atom stereocenters. The molecule has 150 valence electrons. The normalized spacial score (nSPS) is 11.2. The Hall–Kier alpha value is -2.90. The van der Waals surface area contributed by atoms with E-state index < -0.39 is 21.7 Å². The molecule has 0 fully saturated rings. The summed E-state index contributed by atoms with van der Waals surface area (Å²) in [6.07, 6.45) is 0. The standard InChI is InChI=1S/C21H18ClFN2O3S/c1-13-4-3-5-16(10-13)25-29(27,28)17-8-9-19(22)18(12-17)21(26)24-20-11-15(23)7-6-14(20)2/h3-12,25H,1-2H3,(H,24,26). The predicted octanol–water partition coefficient (Wildman–Crippen LogP) is 5.15. The number of sulfonamides is 1. The molecule has 0 aliphatic heterocycles. The molecule has 2 N–H and O–H groups in total. The van der Waals surface area contributed by atoms with Crippen LogP contribution in [0, 0.1) is 19.7 Å². The molecule has 0 unspecified atom stereocenters. The molecule has 0 aliphatic rings. The molecule has 1 amide bonds. The van der Waals surface area contributed by atoms with Crippen molar-refractivity contribution in [1.82, 2.24) is 0 Å². The zero-order chi connectivity index (χ0) is 21.2. The van der Waals surface area contributed by atoms with Gasteiger partial charge in [0.25, 0.3) is 15.9 Å². The summed E-state index contributed by atoms with van der Waals surface area (Å²) in [7, 11) is -3.94. The van der Waals surface area contributed by atoms with Gasteiger partial charge in [-0.1, -0.05) is 29.8 Å². The van der Waals surface area contributed by atoms with E-state index in [2.05, 4.69) is 10.0 Å². The predicted molar refractivity (Wildman–Crippen MR) is 113 cm³/mol. The first-order valence-electron chi connectivity index (χ1n) is 8.62. The minimum absolute atomic E-state index is 0.0394. The summed E-state index contributed by atoms with van der Waals surface area (Å²) < 4.78 is 41.4. The molecule has 0 heterocycles. The van der Waals surface area contributed by atoms with Crippen LogP contribution in [0.15, 0.2) is 65.6 Å². The molecule has 0 aromatic heterocycles. The Balaban J connectivity index is 1.91. The highest BCUT2D eigenvalue weighted by Crippen LogP contribution is 2.25. The number of carbonyl (C=O) groups excluding carboxylic acids is 1. The topological polar surface area (TPSA) is 75.3 Å². The molecule has 3 rings (SSSR count). The number of nitrogens with one attached hydrogen (secondary N) is 2. The van der Waals surface area contributed by atoms with Crippen molar-refractivity contribution in [2.24, 2.45) is 0 Å². The van der Waals surface area contributed by atoms with Crippen molar-refractivity contribution in [3.63, 3.8) is 0 Å². The highest BCUT2D eigenvalue weighted by molar-refractivity contribution is 7.92. The number of halogens is 2. The Labute approximate surface area is 173 Å². The van der Waals surface area contributed by atoms with Gasteiger partial charge in [-0.3, -0.25) is 9.52 Å². The van der Waals surface area contributed by atoms with Gasteiger partial charge in [0.2, 0.25) is 0 Å².